The van der Waals surface area contributed by atoms with Crippen molar-refractivity contribution < 1.29 is 14.2 Å². The lowest BCUT2D eigenvalue weighted by atomic mass is 10.2. The van der Waals surface area contributed by atoms with Crippen molar-refractivity contribution in [1.29, 1.82) is 0 Å². The fraction of sp³-hybridized carbons (Fsp3) is 0.261. The Morgan fingerprint density at radius 1 is 1.33 bits per heavy atom. The van der Waals surface area contributed by atoms with Crippen molar-refractivity contribution in [3.8, 4) is 0 Å². The van der Waals surface area contributed by atoms with E-state index in [1.165, 1.54) is 22.2 Å². The Bertz CT molecular complexity index is 1340. The Hall–Kier alpha value is -2.64. The second-order valence-electron chi connectivity index (χ2n) is 7.70. The number of furan rings is 1. The van der Waals surface area contributed by atoms with E-state index in [-0.39, 0.29) is 17.1 Å². The summed E-state index contributed by atoms with van der Waals surface area (Å²) >= 11 is 3.00. The number of nitrogens with zero attached hydrogens (tertiary/aromatic N) is 1. The van der Waals surface area contributed by atoms with Crippen LogP contribution in [-0.2, 0) is 19.4 Å². The molecule has 5 nitrogen and oxygen atoms in total. The van der Waals surface area contributed by atoms with E-state index in [9.17, 15) is 9.59 Å². The zero-order valence-corrected chi connectivity index (χ0v) is 18.3. The number of carbonyl (C=O) groups excluding carboxylic acids is 1. The van der Waals surface area contributed by atoms with E-state index in [2.05, 4.69) is 11.6 Å². The number of aromatic amines is 1. The molecule has 0 atom stereocenters. The molecule has 0 amide bonds. The second kappa shape index (κ2) is 7.56. The van der Waals surface area contributed by atoms with Crippen LogP contribution in [-0.4, -0.2) is 16.1 Å². The molecule has 3 aromatic heterocycles. The van der Waals surface area contributed by atoms with E-state index >= 15 is 0 Å². The highest BCUT2D eigenvalue weighted by atomic mass is 32.2. The summed E-state index contributed by atoms with van der Waals surface area (Å²) in [5, 5.41) is 2.40. The van der Waals surface area contributed by atoms with Gasteiger partial charge in [0.2, 0.25) is 5.78 Å². The summed E-state index contributed by atoms with van der Waals surface area (Å²) < 4.78 is 7.41. The molecule has 1 N–H and O–H groups in total. The molecule has 0 saturated heterocycles. The van der Waals surface area contributed by atoms with E-state index in [4.69, 9.17) is 4.42 Å². The van der Waals surface area contributed by atoms with Gasteiger partial charge < -0.3 is 4.42 Å². The van der Waals surface area contributed by atoms with Gasteiger partial charge in [0.25, 0.3) is 0 Å². The normalized spacial score (nSPS) is 13.2. The number of aromatic nitrogens is 2. The molecule has 0 aliphatic heterocycles. The van der Waals surface area contributed by atoms with Gasteiger partial charge in [-0.05, 0) is 61.2 Å². The van der Waals surface area contributed by atoms with E-state index < -0.39 is 0 Å². The van der Waals surface area contributed by atoms with E-state index in [0.29, 0.717) is 23.0 Å². The molecular formula is C23H21N2O3S2+. The summed E-state index contributed by atoms with van der Waals surface area (Å²) in [6, 6.07) is 9.34. The van der Waals surface area contributed by atoms with E-state index in [0.717, 1.165) is 40.4 Å². The SMILES string of the molecule is C=C(C)Cn1c(SCC(=O)c2cc3ccccc3o2)[nH+]c2sc3c(c2c1=O)CCC3. The maximum absolute atomic E-state index is 13.3. The van der Waals surface area contributed by atoms with Crippen LogP contribution in [0.3, 0.4) is 0 Å². The molecule has 30 heavy (non-hydrogen) atoms. The number of ketones is 1. The fourth-order valence-electron chi connectivity index (χ4n) is 3.96. The third-order valence-electron chi connectivity index (χ3n) is 5.31. The van der Waals surface area contributed by atoms with Crippen molar-refractivity contribution in [3.05, 3.63) is 69.0 Å². The summed E-state index contributed by atoms with van der Waals surface area (Å²) in [5.41, 5.74) is 2.79. The van der Waals surface area contributed by atoms with E-state index in [1.807, 2.05) is 31.2 Å². The number of rotatable bonds is 6. The zero-order chi connectivity index (χ0) is 20.8. The average molecular weight is 438 g/mol. The van der Waals surface area contributed by atoms with Crippen LogP contribution >= 0.6 is 23.1 Å². The van der Waals surface area contributed by atoms with Gasteiger partial charge in [-0.25, -0.2) is 9.78 Å². The number of hydrogen-bond donors (Lipinski definition) is 0. The van der Waals surface area contributed by atoms with Crippen LogP contribution in [0.4, 0.5) is 0 Å². The lowest BCUT2D eigenvalue weighted by Gasteiger charge is -2.05. The van der Waals surface area contributed by atoms with Gasteiger partial charge in [-0.3, -0.25) is 4.79 Å². The monoisotopic (exact) mass is 437 g/mol. The van der Waals surface area contributed by atoms with Crippen LogP contribution in [0, 0.1) is 0 Å². The first-order chi connectivity index (χ1) is 14.5. The van der Waals surface area contributed by atoms with Crippen LogP contribution in [0.1, 0.15) is 34.3 Å². The number of thiophene rings is 1. The van der Waals surface area contributed by atoms with Crippen molar-refractivity contribution in [2.45, 2.75) is 37.9 Å². The van der Waals surface area contributed by atoms with Gasteiger partial charge in [0.1, 0.15) is 17.5 Å². The molecule has 5 rings (SSSR count). The molecule has 0 bridgehead atoms. The van der Waals surface area contributed by atoms with Crippen LogP contribution in [0.5, 0.6) is 0 Å². The lowest BCUT2D eigenvalue weighted by molar-refractivity contribution is -0.404. The van der Waals surface area contributed by atoms with Gasteiger partial charge in [-0.1, -0.05) is 36.1 Å². The number of hydrogen-bond acceptors (Lipinski definition) is 5. The molecule has 3 heterocycles. The molecule has 4 aromatic rings. The Balaban J connectivity index is 1.49. The molecule has 1 aliphatic carbocycles. The van der Waals surface area contributed by atoms with Gasteiger partial charge >= 0.3 is 10.7 Å². The van der Waals surface area contributed by atoms with Crippen LogP contribution in [0.25, 0.3) is 21.2 Å². The highest BCUT2D eigenvalue weighted by Crippen LogP contribution is 2.34. The predicted octanol–water partition coefficient (Wildman–Crippen LogP) is 4.66. The summed E-state index contributed by atoms with van der Waals surface area (Å²) in [5.74, 6) is 0.420. The third-order valence-corrected chi connectivity index (χ3v) is 7.52. The Labute approximate surface area is 181 Å². The van der Waals surface area contributed by atoms with Gasteiger partial charge in [0.15, 0.2) is 10.6 Å². The standard InChI is InChI=1S/C23H20N2O3S2/c1-13(2)11-25-22(27)20-15-7-5-9-19(15)30-21(20)24-23(25)29-12-16(26)18-10-14-6-3-4-8-17(14)28-18/h3-4,6,8,10H,1,5,7,9,11-12H2,2H3/p+1. The number of nitrogens with one attached hydrogen (secondary N) is 1. The fourth-order valence-corrected chi connectivity index (χ4v) is 6.19. The Kier molecular flexibility index (Phi) is 4.87. The number of thioether (sulfide) groups is 1. The largest absolute Gasteiger partial charge is 0.453 e. The van der Waals surface area contributed by atoms with Gasteiger partial charge in [-0.2, -0.15) is 4.57 Å². The van der Waals surface area contributed by atoms with Crippen molar-refractivity contribution in [3.63, 3.8) is 0 Å². The van der Waals surface area contributed by atoms with Gasteiger partial charge in [-0.15, -0.1) is 0 Å². The number of Topliss-reactive ketones (excluding diaryl/α,β-unsaturated/α-hetero) is 1. The number of H-pyrrole nitrogens is 1. The first-order valence-corrected chi connectivity index (χ1v) is 11.7. The van der Waals surface area contributed by atoms with Gasteiger partial charge in [0, 0.05) is 10.3 Å². The third kappa shape index (κ3) is 3.32. The molecule has 1 aliphatic rings. The number of para-hydroxylation sites is 1. The maximum atomic E-state index is 13.3. The lowest BCUT2D eigenvalue weighted by Crippen LogP contribution is -2.30. The van der Waals surface area contributed by atoms with Crippen molar-refractivity contribution in [1.82, 2.24) is 4.57 Å². The molecule has 0 unspecified atom stereocenters. The minimum absolute atomic E-state index is 0.00448. The topological polar surface area (TPSA) is 66.3 Å². The van der Waals surface area contributed by atoms with Crippen molar-refractivity contribution in [2.75, 3.05) is 5.75 Å². The van der Waals surface area contributed by atoms with E-state index in [1.54, 1.807) is 22.0 Å². The summed E-state index contributed by atoms with van der Waals surface area (Å²) in [7, 11) is 0. The minimum atomic E-state index is -0.104. The van der Waals surface area contributed by atoms with Crippen LogP contribution in [0.2, 0.25) is 0 Å². The molecule has 0 fully saturated rings. The first-order valence-electron chi connectivity index (χ1n) is 9.90. The number of carbonyl (C=O) groups is 1. The summed E-state index contributed by atoms with van der Waals surface area (Å²) in [6.45, 7) is 6.31. The zero-order valence-electron chi connectivity index (χ0n) is 16.6. The van der Waals surface area contributed by atoms with Crippen molar-refractivity contribution in [2.24, 2.45) is 0 Å². The number of allylic oxidation sites excluding steroid dienone is 1. The molecule has 152 valence electrons. The number of fused-ring (bicyclic) bond motifs is 4. The smallest absolute Gasteiger partial charge is 0.347 e. The van der Waals surface area contributed by atoms with Crippen molar-refractivity contribution >= 4 is 50.1 Å². The quantitative estimate of drug-likeness (QED) is 0.190. The molecule has 0 spiro atoms. The minimum Gasteiger partial charge on any atom is -0.453 e. The predicted molar refractivity (Wildman–Crippen MR) is 121 cm³/mol. The first kappa shape index (κ1) is 19.3. The molecule has 0 radical (unpaired) electrons. The van der Waals surface area contributed by atoms with Crippen LogP contribution < -0.4 is 10.5 Å². The molecule has 1 aromatic carbocycles. The molecule has 0 saturated carbocycles. The molecular weight excluding hydrogens is 416 g/mol. The summed E-state index contributed by atoms with van der Waals surface area (Å²) in [6.07, 6.45) is 3.11. The number of benzene rings is 1. The second-order valence-corrected chi connectivity index (χ2v) is 9.77. The maximum Gasteiger partial charge on any atom is 0.347 e. The highest BCUT2D eigenvalue weighted by molar-refractivity contribution is 7.99. The van der Waals surface area contributed by atoms with Crippen LogP contribution in [0.15, 0.2) is 56.9 Å². The van der Waals surface area contributed by atoms with Gasteiger partial charge in [0.05, 0.1) is 5.75 Å². The average Bonchev–Trinajstić information content (AvgIpc) is 3.41. The number of aryl methyl sites for hydroxylation is 2. The highest BCUT2D eigenvalue weighted by Gasteiger charge is 2.28. The Morgan fingerprint density at radius 2 is 2.17 bits per heavy atom. The molecule has 7 heteroatoms. The summed E-state index contributed by atoms with van der Waals surface area (Å²) in [4.78, 5) is 31.7. The Morgan fingerprint density at radius 3 is 2.97 bits per heavy atom.